The molecule has 0 aliphatic rings. The van der Waals surface area contributed by atoms with Crippen molar-refractivity contribution in [1.29, 1.82) is 0 Å². The molecule has 0 radical (unpaired) electrons. The average Bonchev–Trinajstić information content (AvgIpc) is 2.31. The zero-order valence-corrected chi connectivity index (χ0v) is 9.68. The molecule has 0 aliphatic carbocycles. The first-order valence-electron chi connectivity index (χ1n) is 5.39. The molecule has 0 amide bonds. The number of nitrogens with zero attached hydrogens (tertiary/aromatic N) is 1. The van der Waals surface area contributed by atoms with Crippen LogP contribution in [0.4, 0.5) is 5.69 Å². The maximum atomic E-state index is 10.9. The highest BCUT2D eigenvalue weighted by Crippen LogP contribution is 2.12. The van der Waals surface area contributed by atoms with Crippen molar-refractivity contribution in [3.05, 3.63) is 30.3 Å². The van der Waals surface area contributed by atoms with Crippen LogP contribution in [0, 0.1) is 0 Å². The zero-order valence-electron chi connectivity index (χ0n) is 9.68. The highest BCUT2D eigenvalue weighted by atomic mass is 16.4. The summed E-state index contributed by atoms with van der Waals surface area (Å²) in [6.07, 6.45) is 0. The molecule has 4 heteroatoms. The molecule has 0 spiro atoms. The average molecular weight is 222 g/mol. The lowest BCUT2D eigenvalue weighted by molar-refractivity contribution is -0.139. The largest absolute Gasteiger partial charge is 0.480 e. The molecule has 16 heavy (non-hydrogen) atoms. The quantitative estimate of drug-likeness (QED) is 0.759. The van der Waals surface area contributed by atoms with Crippen molar-refractivity contribution in [2.75, 3.05) is 25.0 Å². The molecule has 0 saturated heterocycles. The van der Waals surface area contributed by atoms with Crippen LogP contribution in [-0.2, 0) is 4.79 Å². The van der Waals surface area contributed by atoms with Gasteiger partial charge in [-0.25, -0.2) is 0 Å². The Bertz CT molecular complexity index is 327. The normalized spacial score (nSPS) is 12.1. The molecule has 0 heterocycles. The third kappa shape index (κ3) is 3.24. The van der Waals surface area contributed by atoms with E-state index in [-0.39, 0.29) is 0 Å². The van der Waals surface area contributed by atoms with Crippen LogP contribution in [0.15, 0.2) is 30.3 Å². The van der Waals surface area contributed by atoms with Crippen molar-refractivity contribution in [2.45, 2.75) is 13.0 Å². The third-order valence-electron chi connectivity index (χ3n) is 2.55. The van der Waals surface area contributed by atoms with Gasteiger partial charge in [0.1, 0.15) is 6.04 Å². The molecular weight excluding hydrogens is 204 g/mol. The van der Waals surface area contributed by atoms with Gasteiger partial charge < -0.3 is 15.3 Å². The second-order valence-corrected chi connectivity index (χ2v) is 3.55. The Morgan fingerprint density at radius 3 is 2.50 bits per heavy atom. The second-order valence-electron chi connectivity index (χ2n) is 3.55. The summed E-state index contributed by atoms with van der Waals surface area (Å²) in [6.45, 7) is 3.27. The van der Waals surface area contributed by atoms with Gasteiger partial charge in [0.25, 0.3) is 0 Å². The second kappa shape index (κ2) is 6.12. The number of likely N-dealkylation sites (N-methyl/N-ethyl adjacent to an activating group) is 2. The van der Waals surface area contributed by atoms with Crippen LogP contribution >= 0.6 is 0 Å². The van der Waals surface area contributed by atoms with Crippen LogP contribution in [-0.4, -0.2) is 37.3 Å². The van der Waals surface area contributed by atoms with Gasteiger partial charge >= 0.3 is 5.97 Å². The van der Waals surface area contributed by atoms with Crippen molar-refractivity contribution in [3.8, 4) is 0 Å². The number of rotatable bonds is 6. The number of carboxylic acid groups (broad SMARTS) is 1. The summed E-state index contributed by atoms with van der Waals surface area (Å²) >= 11 is 0. The number of anilines is 1. The maximum Gasteiger partial charge on any atom is 0.322 e. The van der Waals surface area contributed by atoms with E-state index in [9.17, 15) is 4.79 Å². The number of nitrogens with one attached hydrogen (secondary N) is 1. The molecule has 1 aromatic rings. The maximum absolute atomic E-state index is 10.9. The molecule has 0 fully saturated rings. The van der Waals surface area contributed by atoms with Gasteiger partial charge in [-0.3, -0.25) is 4.79 Å². The smallest absolute Gasteiger partial charge is 0.322 e. The lowest BCUT2D eigenvalue weighted by Crippen LogP contribution is -2.44. The molecule has 0 bridgehead atoms. The van der Waals surface area contributed by atoms with Crippen LogP contribution in [0.2, 0.25) is 0 Å². The van der Waals surface area contributed by atoms with Crippen LogP contribution in [0.3, 0.4) is 0 Å². The molecule has 1 rings (SSSR count). The Balaban J connectivity index is 2.72. The molecule has 0 aliphatic heterocycles. The highest BCUT2D eigenvalue weighted by molar-refractivity contribution is 5.74. The summed E-state index contributed by atoms with van der Waals surface area (Å²) in [5, 5.41) is 11.8. The lowest BCUT2D eigenvalue weighted by Gasteiger charge is -2.26. The van der Waals surface area contributed by atoms with Gasteiger partial charge in [-0.2, -0.15) is 0 Å². The minimum Gasteiger partial charge on any atom is -0.480 e. The van der Waals surface area contributed by atoms with E-state index >= 15 is 0 Å². The number of para-hydroxylation sites is 1. The first-order valence-corrected chi connectivity index (χ1v) is 5.39. The fourth-order valence-corrected chi connectivity index (χ4v) is 1.57. The van der Waals surface area contributed by atoms with E-state index in [1.54, 1.807) is 7.05 Å². The number of benzene rings is 1. The summed E-state index contributed by atoms with van der Waals surface area (Å²) in [7, 11) is 1.66. The topological polar surface area (TPSA) is 52.6 Å². The number of carbonyl (C=O) groups is 1. The van der Waals surface area contributed by atoms with Crippen molar-refractivity contribution in [2.24, 2.45) is 0 Å². The molecule has 0 aromatic heterocycles. The first-order chi connectivity index (χ1) is 7.69. The monoisotopic (exact) mass is 222 g/mol. The fourth-order valence-electron chi connectivity index (χ4n) is 1.57. The van der Waals surface area contributed by atoms with Gasteiger partial charge in [0.05, 0.1) is 0 Å². The van der Waals surface area contributed by atoms with Crippen LogP contribution in [0.1, 0.15) is 6.92 Å². The number of hydrogen-bond donors (Lipinski definition) is 2. The SMILES string of the molecule is CCN(CC(NC)C(=O)O)c1ccccc1. The summed E-state index contributed by atoms with van der Waals surface area (Å²) < 4.78 is 0. The molecule has 88 valence electrons. The van der Waals surface area contributed by atoms with Gasteiger partial charge in [0.15, 0.2) is 0 Å². The van der Waals surface area contributed by atoms with E-state index in [1.807, 2.05) is 42.2 Å². The summed E-state index contributed by atoms with van der Waals surface area (Å²) in [5.41, 5.74) is 1.05. The Hall–Kier alpha value is -1.55. The van der Waals surface area contributed by atoms with Crippen molar-refractivity contribution in [1.82, 2.24) is 5.32 Å². The Morgan fingerprint density at radius 1 is 1.44 bits per heavy atom. The summed E-state index contributed by atoms with van der Waals surface area (Å²) in [5.74, 6) is -0.822. The predicted octanol–water partition coefficient (Wildman–Crippen LogP) is 1.19. The highest BCUT2D eigenvalue weighted by Gasteiger charge is 2.18. The standard InChI is InChI=1S/C12H18N2O2/c1-3-14(9-11(13-2)12(15)16)10-7-5-4-6-8-10/h4-8,11,13H,3,9H2,1-2H3,(H,15,16). The summed E-state index contributed by atoms with van der Waals surface area (Å²) in [6, 6.07) is 9.28. The minimum atomic E-state index is -0.822. The van der Waals surface area contributed by atoms with E-state index in [2.05, 4.69) is 5.32 Å². The van der Waals surface area contributed by atoms with Crippen molar-refractivity contribution >= 4 is 11.7 Å². The van der Waals surface area contributed by atoms with Gasteiger partial charge in [0.2, 0.25) is 0 Å². The van der Waals surface area contributed by atoms with E-state index in [4.69, 9.17) is 5.11 Å². The number of hydrogen-bond acceptors (Lipinski definition) is 3. The van der Waals surface area contributed by atoms with Crippen molar-refractivity contribution in [3.63, 3.8) is 0 Å². The molecule has 4 nitrogen and oxygen atoms in total. The van der Waals surface area contributed by atoms with E-state index in [0.29, 0.717) is 6.54 Å². The molecular formula is C12H18N2O2. The predicted molar refractivity (Wildman–Crippen MR) is 64.8 cm³/mol. The molecule has 2 N–H and O–H groups in total. The Morgan fingerprint density at radius 2 is 2.06 bits per heavy atom. The van der Waals surface area contributed by atoms with Crippen LogP contribution < -0.4 is 10.2 Å². The van der Waals surface area contributed by atoms with E-state index < -0.39 is 12.0 Å². The van der Waals surface area contributed by atoms with Gasteiger partial charge in [-0.05, 0) is 26.1 Å². The molecule has 0 saturated carbocycles. The zero-order chi connectivity index (χ0) is 12.0. The van der Waals surface area contributed by atoms with Gasteiger partial charge in [0, 0.05) is 18.8 Å². The minimum absolute atomic E-state index is 0.465. The third-order valence-corrected chi connectivity index (χ3v) is 2.55. The van der Waals surface area contributed by atoms with Gasteiger partial charge in [-0.15, -0.1) is 0 Å². The fraction of sp³-hybridized carbons (Fsp3) is 0.417. The molecule has 1 aromatic carbocycles. The van der Waals surface area contributed by atoms with Crippen LogP contribution in [0.5, 0.6) is 0 Å². The lowest BCUT2D eigenvalue weighted by atomic mass is 10.2. The van der Waals surface area contributed by atoms with Crippen LogP contribution in [0.25, 0.3) is 0 Å². The number of carboxylic acids is 1. The summed E-state index contributed by atoms with van der Waals surface area (Å²) in [4.78, 5) is 13.0. The molecule has 1 atom stereocenters. The number of aliphatic carboxylic acids is 1. The Labute approximate surface area is 95.9 Å². The van der Waals surface area contributed by atoms with E-state index in [0.717, 1.165) is 12.2 Å². The van der Waals surface area contributed by atoms with E-state index in [1.165, 1.54) is 0 Å². The first kappa shape index (κ1) is 12.5. The Kier molecular flexibility index (Phi) is 4.79. The van der Waals surface area contributed by atoms with Gasteiger partial charge in [-0.1, -0.05) is 18.2 Å². The van der Waals surface area contributed by atoms with Crippen molar-refractivity contribution < 1.29 is 9.90 Å². The molecule has 1 unspecified atom stereocenters.